The Morgan fingerprint density at radius 1 is 1.24 bits per heavy atom. The molecule has 0 fully saturated rings. The monoisotopic (exact) mass is 385 g/mol. The number of hydrogen-bond donors (Lipinski definition) is 1. The predicted octanol–water partition coefficient (Wildman–Crippen LogP) is 5.57. The molecule has 1 aromatic heterocycles. The molecular weight excluding hydrogens is 366 g/mol. The van der Waals surface area contributed by atoms with E-state index in [9.17, 15) is 0 Å². The molecule has 0 bridgehead atoms. The van der Waals surface area contributed by atoms with Gasteiger partial charge in [-0.15, -0.1) is 11.3 Å². The van der Waals surface area contributed by atoms with Crippen LogP contribution in [0.4, 0.5) is 0 Å². The third kappa shape index (κ3) is 5.41. The Labute approximate surface area is 144 Å². The van der Waals surface area contributed by atoms with Crippen LogP contribution in [-0.2, 0) is 12.8 Å². The summed E-state index contributed by atoms with van der Waals surface area (Å²) in [7, 11) is 0. The zero-order chi connectivity index (χ0) is 15.1. The summed E-state index contributed by atoms with van der Waals surface area (Å²) in [4.78, 5) is 1.42. The zero-order valence-electron chi connectivity index (χ0n) is 12.2. The largest absolute Gasteiger partial charge is 0.316 e. The van der Waals surface area contributed by atoms with Gasteiger partial charge in [0.05, 0.1) is 0 Å². The molecule has 0 spiro atoms. The maximum atomic E-state index is 6.32. The van der Waals surface area contributed by atoms with Crippen LogP contribution in [0.3, 0.4) is 0 Å². The Bertz CT molecular complexity index is 555. The van der Waals surface area contributed by atoms with E-state index in [2.05, 4.69) is 51.7 Å². The van der Waals surface area contributed by atoms with E-state index in [1.54, 1.807) is 0 Å². The van der Waals surface area contributed by atoms with Gasteiger partial charge in [-0.1, -0.05) is 36.7 Å². The molecule has 0 radical (unpaired) electrons. The number of benzene rings is 1. The van der Waals surface area contributed by atoms with Gasteiger partial charge in [0.15, 0.2) is 0 Å². The lowest BCUT2D eigenvalue weighted by Gasteiger charge is -2.18. The molecule has 21 heavy (non-hydrogen) atoms. The predicted molar refractivity (Wildman–Crippen MR) is 97.5 cm³/mol. The molecule has 1 atom stereocenters. The minimum Gasteiger partial charge on any atom is -0.316 e. The van der Waals surface area contributed by atoms with Crippen LogP contribution < -0.4 is 5.32 Å². The lowest BCUT2D eigenvalue weighted by molar-refractivity contribution is 0.473. The van der Waals surface area contributed by atoms with Crippen molar-refractivity contribution in [3.8, 4) is 0 Å². The fourth-order valence-electron chi connectivity index (χ4n) is 2.41. The van der Waals surface area contributed by atoms with E-state index >= 15 is 0 Å². The van der Waals surface area contributed by atoms with Crippen LogP contribution in [0, 0.1) is 5.92 Å². The van der Waals surface area contributed by atoms with Crippen molar-refractivity contribution < 1.29 is 0 Å². The maximum Gasteiger partial charge on any atom is 0.0438 e. The molecule has 1 unspecified atom stereocenters. The van der Waals surface area contributed by atoms with E-state index in [0.29, 0.717) is 5.92 Å². The number of halogens is 2. The van der Waals surface area contributed by atoms with Gasteiger partial charge < -0.3 is 5.32 Å². The van der Waals surface area contributed by atoms with Gasteiger partial charge in [-0.3, -0.25) is 0 Å². The van der Waals surface area contributed by atoms with E-state index < -0.39 is 0 Å². The zero-order valence-corrected chi connectivity index (χ0v) is 15.4. The molecule has 2 aromatic rings. The minimum absolute atomic E-state index is 0.561. The van der Waals surface area contributed by atoms with E-state index in [0.717, 1.165) is 31.0 Å². The highest BCUT2D eigenvalue weighted by Crippen LogP contribution is 2.27. The molecule has 0 saturated heterocycles. The normalized spacial score (nSPS) is 12.5. The number of thiophene rings is 1. The Balaban J connectivity index is 2.04. The van der Waals surface area contributed by atoms with Crippen molar-refractivity contribution in [2.75, 3.05) is 13.1 Å². The Hall–Kier alpha value is -0.350. The van der Waals surface area contributed by atoms with Gasteiger partial charge >= 0.3 is 0 Å². The third-order valence-corrected chi connectivity index (χ3v) is 5.81. The van der Waals surface area contributed by atoms with Gasteiger partial charge in [-0.25, -0.2) is 0 Å². The fourth-order valence-corrected chi connectivity index (χ4v) is 4.25. The average Bonchev–Trinajstić information content (AvgIpc) is 2.87. The molecule has 1 aromatic carbocycles. The van der Waals surface area contributed by atoms with Gasteiger partial charge in [0.2, 0.25) is 0 Å². The summed E-state index contributed by atoms with van der Waals surface area (Å²) in [5.41, 5.74) is 1.25. The summed E-state index contributed by atoms with van der Waals surface area (Å²) in [5.74, 6) is 0.561. The summed E-state index contributed by atoms with van der Waals surface area (Å²) < 4.78 is 1.23. The summed E-state index contributed by atoms with van der Waals surface area (Å²) >= 11 is 11.8. The smallest absolute Gasteiger partial charge is 0.0438 e. The van der Waals surface area contributed by atoms with Crippen LogP contribution >= 0.6 is 38.9 Å². The highest BCUT2D eigenvalue weighted by Gasteiger charge is 2.14. The molecule has 0 saturated carbocycles. The second kappa shape index (κ2) is 8.94. The Kier molecular flexibility index (Phi) is 7.24. The fraction of sp³-hybridized carbons (Fsp3) is 0.412. The van der Waals surface area contributed by atoms with Crippen molar-refractivity contribution in [3.63, 3.8) is 0 Å². The van der Waals surface area contributed by atoms with Crippen molar-refractivity contribution in [3.05, 3.63) is 55.6 Å². The topological polar surface area (TPSA) is 12.0 Å². The molecule has 1 nitrogen and oxygen atoms in total. The lowest BCUT2D eigenvalue weighted by Crippen LogP contribution is -2.26. The number of nitrogens with one attached hydrogen (secondary N) is 1. The van der Waals surface area contributed by atoms with Crippen LogP contribution in [0.5, 0.6) is 0 Å². The quantitative estimate of drug-likeness (QED) is 0.585. The van der Waals surface area contributed by atoms with Gasteiger partial charge in [-0.2, -0.15) is 0 Å². The van der Waals surface area contributed by atoms with Crippen LogP contribution in [0.25, 0.3) is 0 Å². The van der Waals surface area contributed by atoms with Crippen molar-refractivity contribution in [2.24, 2.45) is 5.92 Å². The van der Waals surface area contributed by atoms with Crippen LogP contribution in [0.2, 0.25) is 5.02 Å². The van der Waals surface area contributed by atoms with Gasteiger partial charge in [0, 0.05) is 14.4 Å². The summed E-state index contributed by atoms with van der Waals surface area (Å²) in [6.07, 6.45) is 3.27. The van der Waals surface area contributed by atoms with E-state index in [4.69, 9.17) is 11.6 Å². The molecule has 4 heteroatoms. The first kappa shape index (κ1) is 17.0. The number of hydrogen-bond acceptors (Lipinski definition) is 2. The maximum absolute atomic E-state index is 6.32. The Morgan fingerprint density at radius 2 is 2.05 bits per heavy atom. The second-order valence-corrected chi connectivity index (χ2v) is 7.52. The highest BCUT2D eigenvalue weighted by molar-refractivity contribution is 9.10. The molecule has 0 aliphatic heterocycles. The molecule has 0 aliphatic rings. The van der Waals surface area contributed by atoms with Crippen molar-refractivity contribution in [1.29, 1.82) is 0 Å². The SMILES string of the molecule is CCCNCC(Cc1ccccc1Cl)Cc1sccc1Br. The van der Waals surface area contributed by atoms with Crippen LogP contribution in [0.1, 0.15) is 23.8 Å². The van der Waals surface area contributed by atoms with Crippen molar-refractivity contribution >= 4 is 38.9 Å². The van der Waals surface area contributed by atoms with Crippen molar-refractivity contribution in [1.82, 2.24) is 5.32 Å². The lowest BCUT2D eigenvalue weighted by atomic mass is 9.95. The average molecular weight is 387 g/mol. The summed E-state index contributed by atoms with van der Waals surface area (Å²) in [6, 6.07) is 10.3. The van der Waals surface area contributed by atoms with Gasteiger partial charge in [-0.05, 0) is 77.3 Å². The third-order valence-electron chi connectivity index (χ3n) is 3.49. The molecule has 0 aliphatic carbocycles. The van der Waals surface area contributed by atoms with E-state index in [1.807, 2.05) is 23.5 Å². The van der Waals surface area contributed by atoms with Crippen LogP contribution in [-0.4, -0.2) is 13.1 Å². The number of rotatable bonds is 8. The summed E-state index contributed by atoms with van der Waals surface area (Å²) in [5, 5.41) is 6.58. The molecule has 1 heterocycles. The van der Waals surface area contributed by atoms with Crippen molar-refractivity contribution in [2.45, 2.75) is 26.2 Å². The van der Waals surface area contributed by atoms with E-state index in [-0.39, 0.29) is 0 Å². The minimum atomic E-state index is 0.561. The molecule has 1 N–H and O–H groups in total. The summed E-state index contributed by atoms with van der Waals surface area (Å²) in [6.45, 7) is 4.31. The highest BCUT2D eigenvalue weighted by atomic mass is 79.9. The molecule has 2 rings (SSSR count). The van der Waals surface area contributed by atoms with Gasteiger partial charge in [0.1, 0.15) is 0 Å². The first-order chi connectivity index (χ1) is 10.2. The second-order valence-electron chi connectivity index (χ2n) is 5.26. The first-order valence-electron chi connectivity index (χ1n) is 7.36. The first-order valence-corrected chi connectivity index (χ1v) is 9.41. The standard InChI is InChI=1S/C17H21BrClNS/c1-2-8-20-12-13(11-17-15(18)7-9-21-17)10-14-5-3-4-6-16(14)19/h3-7,9,13,20H,2,8,10-12H2,1H3. The van der Waals surface area contributed by atoms with Crippen LogP contribution in [0.15, 0.2) is 40.2 Å². The van der Waals surface area contributed by atoms with Gasteiger partial charge in [0.25, 0.3) is 0 Å². The Morgan fingerprint density at radius 3 is 2.71 bits per heavy atom. The van der Waals surface area contributed by atoms with E-state index in [1.165, 1.54) is 21.3 Å². The molecule has 0 amide bonds. The molecular formula is C17H21BrClNS. The molecule has 114 valence electrons.